The number of hydrogen-bond donors (Lipinski definition) is 0. The highest BCUT2D eigenvalue weighted by Gasteiger charge is 2.34. The van der Waals surface area contributed by atoms with Crippen molar-refractivity contribution in [2.24, 2.45) is 0 Å². The molecule has 35 heavy (non-hydrogen) atoms. The van der Waals surface area contributed by atoms with Crippen LogP contribution in [0.25, 0.3) is 22.0 Å². The van der Waals surface area contributed by atoms with Gasteiger partial charge in [0.1, 0.15) is 6.10 Å². The van der Waals surface area contributed by atoms with Crippen molar-refractivity contribution in [2.45, 2.75) is 11.0 Å². The van der Waals surface area contributed by atoms with Crippen LogP contribution >= 0.6 is 0 Å². The van der Waals surface area contributed by atoms with Gasteiger partial charge in [-0.05, 0) is 35.9 Å². The highest BCUT2D eigenvalue weighted by Crippen LogP contribution is 2.33. The summed E-state index contributed by atoms with van der Waals surface area (Å²) in [6.45, 7) is 0.313. The Labute approximate surface area is 203 Å². The fourth-order valence-corrected chi connectivity index (χ4v) is 6.16. The third-order valence-electron chi connectivity index (χ3n) is 5.87. The molecule has 0 radical (unpaired) electrons. The van der Waals surface area contributed by atoms with Crippen LogP contribution in [0.5, 0.6) is 0 Å². The first-order chi connectivity index (χ1) is 16.6. The molecule has 0 spiro atoms. The van der Waals surface area contributed by atoms with Gasteiger partial charge in [-0.1, -0.05) is 48.5 Å². The third-order valence-corrected chi connectivity index (χ3v) is 8.18. The van der Waals surface area contributed by atoms with Gasteiger partial charge >= 0.3 is 0 Å². The van der Waals surface area contributed by atoms with E-state index in [-0.39, 0.29) is 23.9 Å². The van der Waals surface area contributed by atoms with Crippen LogP contribution in [0.3, 0.4) is 0 Å². The molecule has 0 saturated carbocycles. The molecule has 1 aliphatic heterocycles. The minimum absolute atomic E-state index is 0.0521. The Balaban J connectivity index is 1.42. The molecule has 5 rings (SSSR count). The van der Waals surface area contributed by atoms with Crippen LogP contribution in [0.1, 0.15) is 10.4 Å². The van der Waals surface area contributed by atoms with E-state index in [4.69, 9.17) is 4.18 Å². The number of likely N-dealkylation sites (tertiary alicyclic amines) is 1. The second kappa shape index (κ2) is 8.63. The average molecular weight is 511 g/mol. The van der Waals surface area contributed by atoms with Crippen LogP contribution in [0, 0.1) is 0 Å². The van der Waals surface area contributed by atoms with Gasteiger partial charge in [-0.15, -0.1) is 0 Å². The number of nitrogens with zero attached hydrogens (tertiary/aromatic N) is 2. The van der Waals surface area contributed by atoms with Crippen molar-refractivity contribution >= 4 is 37.0 Å². The highest BCUT2D eigenvalue weighted by atomic mass is 32.2. The zero-order valence-corrected chi connectivity index (χ0v) is 20.4. The fraction of sp³-hybridized carbons (Fsp3) is 0.160. The summed E-state index contributed by atoms with van der Waals surface area (Å²) in [6, 6.07) is 22.6. The van der Waals surface area contributed by atoms with E-state index < -0.39 is 26.2 Å². The Hall–Kier alpha value is -3.47. The first kappa shape index (κ1) is 23.3. The van der Waals surface area contributed by atoms with Gasteiger partial charge in [0.2, 0.25) is 0 Å². The van der Waals surface area contributed by atoms with E-state index in [1.807, 2.05) is 42.5 Å². The van der Waals surface area contributed by atoms with Gasteiger partial charge in [-0.2, -0.15) is 8.42 Å². The van der Waals surface area contributed by atoms with Crippen molar-refractivity contribution in [3.05, 3.63) is 90.6 Å². The second-order valence-electron chi connectivity index (χ2n) is 8.38. The number of amides is 1. The zero-order chi connectivity index (χ0) is 24.8. The van der Waals surface area contributed by atoms with Crippen molar-refractivity contribution in [3.8, 4) is 11.1 Å². The molecule has 0 N–H and O–H groups in total. The van der Waals surface area contributed by atoms with E-state index in [1.54, 1.807) is 18.3 Å². The van der Waals surface area contributed by atoms with Crippen molar-refractivity contribution < 1.29 is 25.8 Å². The lowest BCUT2D eigenvalue weighted by Crippen LogP contribution is -2.55. The van der Waals surface area contributed by atoms with Gasteiger partial charge in [0.05, 0.1) is 29.8 Å². The summed E-state index contributed by atoms with van der Waals surface area (Å²) < 4.78 is 55.6. The summed E-state index contributed by atoms with van der Waals surface area (Å²) in [5.74, 6) is -0.319. The molecule has 4 aromatic rings. The summed E-state index contributed by atoms with van der Waals surface area (Å²) >= 11 is 0. The molecule has 180 valence electrons. The molecule has 3 aromatic carbocycles. The maximum absolute atomic E-state index is 13.5. The fourth-order valence-electron chi connectivity index (χ4n) is 4.17. The second-order valence-corrected chi connectivity index (χ2v) is 11.8. The number of hydrogen-bond acceptors (Lipinski definition) is 6. The molecule has 1 saturated heterocycles. The summed E-state index contributed by atoms with van der Waals surface area (Å²) in [5, 5.41) is 0.817. The molecular formula is C25H22N2O6S2. The van der Waals surface area contributed by atoms with Crippen molar-refractivity contribution in [3.63, 3.8) is 0 Å². The topological polar surface area (TPSA) is 103 Å². The van der Waals surface area contributed by atoms with E-state index in [2.05, 4.69) is 0 Å². The van der Waals surface area contributed by atoms with Gasteiger partial charge in [0.25, 0.3) is 26.0 Å². The Morgan fingerprint density at radius 3 is 2.14 bits per heavy atom. The van der Waals surface area contributed by atoms with Crippen molar-refractivity contribution in [1.29, 1.82) is 0 Å². The number of benzene rings is 3. The molecule has 8 nitrogen and oxygen atoms in total. The van der Waals surface area contributed by atoms with Crippen molar-refractivity contribution in [1.82, 2.24) is 8.87 Å². The monoisotopic (exact) mass is 510 g/mol. The molecule has 0 unspecified atom stereocenters. The van der Waals surface area contributed by atoms with E-state index in [0.29, 0.717) is 11.1 Å². The smallest absolute Gasteiger partial charge is 0.268 e. The number of fused-ring (bicyclic) bond motifs is 1. The van der Waals surface area contributed by atoms with Gasteiger partial charge in [0, 0.05) is 22.7 Å². The predicted octanol–water partition coefficient (Wildman–Crippen LogP) is 3.35. The van der Waals surface area contributed by atoms with Crippen LogP contribution in [0.4, 0.5) is 0 Å². The Morgan fingerprint density at radius 1 is 0.857 bits per heavy atom. The zero-order valence-electron chi connectivity index (χ0n) is 18.7. The molecule has 10 heteroatoms. The van der Waals surface area contributed by atoms with E-state index in [1.165, 1.54) is 33.1 Å². The minimum atomic E-state index is -3.93. The van der Waals surface area contributed by atoms with Crippen LogP contribution in [0.15, 0.2) is 90.0 Å². The number of para-hydroxylation sites is 1. The molecule has 1 amide bonds. The van der Waals surface area contributed by atoms with Crippen LogP contribution in [0.2, 0.25) is 0 Å². The number of aromatic nitrogens is 1. The molecular weight excluding hydrogens is 488 g/mol. The molecule has 1 aliphatic rings. The lowest BCUT2D eigenvalue weighted by Gasteiger charge is -2.37. The van der Waals surface area contributed by atoms with Crippen LogP contribution < -0.4 is 0 Å². The SMILES string of the molecule is CS(=O)(=O)OC1CN(C(=O)c2ccc(S(=O)(=O)n3cc(-c4ccccc4)c4ccccc43)cc2)C1. The van der Waals surface area contributed by atoms with Crippen LogP contribution in [-0.4, -0.2) is 57.1 Å². The van der Waals surface area contributed by atoms with E-state index in [0.717, 1.165) is 22.8 Å². The first-order valence-electron chi connectivity index (χ1n) is 10.8. The van der Waals surface area contributed by atoms with E-state index in [9.17, 15) is 21.6 Å². The lowest BCUT2D eigenvalue weighted by molar-refractivity contribution is 0.0206. The number of rotatable bonds is 6. The summed E-state index contributed by atoms with van der Waals surface area (Å²) in [6.07, 6.45) is 2.03. The standard InChI is InChI=1S/C25H22N2O6S2/c1-34(29,30)33-20-15-26(16-20)25(28)19-11-13-21(14-12-19)35(31,32)27-17-23(18-7-3-2-4-8-18)22-9-5-6-10-24(22)27/h2-14,17,20H,15-16H2,1H3. The quantitative estimate of drug-likeness (QED) is 0.369. The Morgan fingerprint density at radius 2 is 1.49 bits per heavy atom. The summed E-state index contributed by atoms with van der Waals surface area (Å²) in [5.41, 5.74) is 2.58. The maximum atomic E-state index is 13.5. The van der Waals surface area contributed by atoms with Gasteiger partial charge < -0.3 is 4.90 Å². The molecule has 1 fully saturated rings. The Bertz CT molecular complexity index is 1620. The molecule has 0 atom stereocenters. The number of carbonyl (C=O) groups is 1. The minimum Gasteiger partial charge on any atom is -0.333 e. The normalized spacial score (nSPS) is 14.7. The highest BCUT2D eigenvalue weighted by molar-refractivity contribution is 7.90. The van der Waals surface area contributed by atoms with Crippen molar-refractivity contribution in [2.75, 3.05) is 19.3 Å². The maximum Gasteiger partial charge on any atom is 0.268 e. The van der Waals surface area contributed by atoms with Gasteiger partial charge in [-0.3, -0.25) is 8.98 Å². The summed E-state index contributed by atoms with van der Waals surface area (Å²) in [7, 11) is -7.52. The average Bonchev–Trinajstić information content (AvgIpc) is 3.21. The number of carbonyl (C=O) groups excluding carboxylic acids is 1. The van der Waals surface area contributed by atoms with Crippen LogP contribution in [-0.2, 0) is 24.3 Å². The molecule has 2 heterocycles. The molecule has 1 aromatic heterocycles. The van der Waals surface area contributed by atoms with E-state index >= 15 is 0 Å². The lowest BCUT2D eigenvalue weighted by atomic mass is 10.1. The largest absolute Gasteiger partial charge is 0.333 e. The third kappa shape index (κ3) is 4.47. The Kier molecular flexibility index (Phi) is 5.74. The predicted molar refractivity (Wildman–Crippen MR) is 132 cm³/mol. The van der Waals surface area contributed by atoms with Gasteiger partial charge in [0.15, 0.2) is 0 Å². The molecule has 0 bridgehead atoms. The summed E-state index contributed by atoms with van der Waals surface area (Å²) in [4.78, 5) is 14.2. The first-order valence-corrected chi connectivity index (χ1v) is 14.1. The van der Waals surface area contributed by atoms with Gasteiger partial charge in [-0.25, -0.2) is 12.4 Å². The molecule has 0 aliphatic carbocycles.